The summed E-state index contributed by atoms with van der Waals surface area (Å²) in [4.78, 5) is 25.6. The number of carbonyl (C=O) groups excluding carboxylic acids is 2. The molecule has 3 rings (SSSR count). The van der Waals surface area contributed by atoms with Crippen LogP contribution in [0.3, 0.4) is 0 Å². The van der Waals surface area contributed by atoms with Crippen LogP contribution in [0.25, 0.3) is 0 Å². The minimum Gasteiger partial charge on any atom is -0.348 e. The Morgan fingerprint density at radius 3 is 2.52 bits per heavy atom. The van der Waals surface area contributed by atoms with Crippen molar-refractivity contribution in [2.75, 3.05) is 11.4 Å². The normalized spacial score (nSPS) is 14.1. The summed E-state index contributed by atoms with van der Waals surface area (Å²) in [5.41, 5.74) is 2.35. The van der Waals surface area contributed by atoms with E-state index in [1.54, 1.807) is 29.2 Å². The number of carbonyl (C=O) groups is 2. The molecule has 1 saturated heterocycles. The summed E-state index contributed by atoms with van der Waals surface area (Å²) in [6.07, 6.45) is 1.53. The fraction of sp³-hybridized carbons (Fsp3) is 0.222. The minimum absolute atomic E-state index is 0.171. The first-order valence-corrected chi connectivity index (χ1v) is 7.95. The van der Waals surface area contributed by atoms with E-state index in [9.17, 15) is 9.59 Å². The predicted octanol–water partition coefficient (Wildman–Crippen LogP) is 3.40. The molecule has 0 aromatic heterocycles. The maximum Gasteiger partial charge on any atom is 0.253 e. The van der Waals surface area contributed by atoms with Crippen LogP contribution in [0.5, 0.6) is 0 Å². The number of nitrogens with zero attached hydrogens (tertiary/aromatic N) is 1. The second-order valence-electron chi connectivity index (χ2n) is 5.48. The third kappa shape index (κ3) is 3.54. The zero-order valence-corrected chi connectivity index (χ0v) is 13.3. The van der Waals surface area contributed by atoms with Gasteiger partial charge in [0.15, 0.2) is 0 Å². The smallest absolute Gasteiger partial charge is 0.253 e. The first kappa shape index (κ1) is 15.6. The number of halogens is 1. The van der Waals surface area contributed by atoms with E-state index in [0.29, 0.717) is 23.6 Å². The van der Waals surface area contributed by atoms with Crippen LogP contribution in [0.2, 0.25) is 5.02 Å². The summed E-state index contributed by atoms with van der Waals surface area (Å²) in [6.45, 7) is 1.19. The molecule has 2 amide bonds. The van der Waals surface area contributed by atoms with Gasteiger partial charge in [0, 0.05) is 25.2 Å². The third-order valence-electron chi connectivity index (χ3n) is 3.89. The van der Waals surface area contributed by atoms with Gasteiger partial charge in [0.25, 0.3) is 5.91 Å². The first-order chi connectivity index (χ1) is 11.1. The Balaban J connectivity index is 1.62. The quantitative estimate of drug-likeness (QED) is 0.935. The zero-order valence-electron chi connectivity index (χ0n) is 12.6. The molecule has 1 aliphatic heterocycles. The monoisotopic (exact) mass is 328 g/mol. The highest BCUT2D eigenvalue weighted by molar-refractivity contribution is 6.33. The third-order valence-corrected chi connectivity index (χ3v) is 4.22. The lowest BCUT2D eigenvalue weighted by atomic mass is 10.1. The molecule has 0 unspecified atom stereocenters. The van der Waals surface area contributed by atoms with Crippen LogP contribution in [0.1, 0.15) is 28.8 Å². The second kappa shape index (κ2) is 6.84. The Kier molecular flexibility index (Phi) is 4.63. The second-order valence-corrected chi connectivity index (χ2v) is 5.89. The van der Waals surface area contributed by atoms with E-state index in [1.807, 2.05) is 24.3 Å². The van der Waals surface area contributed by atoms with Crippen molar-refractivity contribution in [1.29, 1.82) is 0 Å². The molecule has 5 heteroatoms. The molecule has 2 aromatic rings. The summed E-state index contributed by atoms with van der Waals surface area (Å²) < 4.78 is 0. The molecule has 0 atom stereocenters. The van der Waals surface area contributed by atoms with E-state index in [0.717, 1.165) is 24.2 Å². The Bertz CT molecular complexity index is 728. The number of nitrogens with one attached hydrogen (secondary N) is 1. The summed E-state index contributed by atoms with van der Waals surface area (Å²) in [5.74, 6) is -0.0285. The Morgan fingerprint density at radius 2 is 1.87 bits per heavy atom. The average molecular weight is 329 g/mol. The van der Waals surface area contributed by atoms with Crippen molar-refractivity contribution in [2.45, 2.75) is 19.4 Å². The number of anilines is 1. The largest absolute Gasteiger partial charge is 0.348 e. The molecule has 2 aromatic carbocycles. The molecular weight excluding hydrogens is 312 g/mol. The molecule has 0 radical (unpaired) electrons. The van der Waals surface area contributed by atoms with Crippen LogP contribution in [0.15, 0.2) is 48.5 Å². The molecule has 118 valence electrons. The van der Waals surface area contributed by atoms with Crippen LogP contribution >= 0.6 is 11.6 Å². The van der Waals surface area contributed by atoms with E-state index in [2.05, 4.69) is 5.32 Å². The summed E-state index contributed by atoms with van der Waals surface area (Å²) in [7, 11) is 0. The average Bonchev–Trinajstić information content (AvgIpc) is 2.99. The number of amides is 2. The molecule has 1 aliphatic rings. The van der Waals surface area contributed by atoms with Gasteiger partial charge in [0.05, 0.1) is 10.6 Å². The van der Waals surface area contributed by atoms with Crippen LogP contribution in [0, 0.1) is 0 Å². The van der Waals surface area contributed by atoms with Crippen LogP contribution in [0.4, 0.5) is 5.69 Å². The van der Waals surface area contributed by atoms with Gasteiger partial charge in [-0.2, -0.15) is 0 Å². The first-order valence-electron chi connectivity index (χ1n) is 7.57. The van der Waals surface area contributed by atoms with Gasteiger partial charge in [-0.1, -0.05) is 35.9 Å². The van der Waals surface area contributed by atoms with Crippen LogP contribution < -0.4 is 10.2 Å². The van der Waals surface area contributed by atoms with Crippen molar-refractivity contribution in [3.05, 3.63) is 64.7 Å². The van der Waals surface area contributed by atoms with E-state index >= 15 is 0 Å². The van der Waals surface area contributed by atoms with E-state index in [4.69, 9.17) is 11.6 Å². The predicted molar refractivity (Wildman–Crippen MR) is 90.7 cm³/mol. The Morgan fingerprint density at radius 1 is 1.13 bits per heavy atom. The lowest BCUT2D eigenvalue weighted by molar-refractivity contribution is -0.117. The Hall–Kier alpha value is -2.33. The molecule has 23 heavy (non-hydrogen) atoms. The van der Waals surface area contributed by atoms with Gasteiger partial charge in [-0.3, -0.25) is 9.59 Å². The van der Waals surface area contributed by atoms with Crippen molar-refractivity contribution in [1.82, 2.24) is 5.32 Å². The van der Waals surface area contributed by atoms with Gasteiger partial charge in [-0.15, -0.1) is 0 Å². The van der Waals surface area contributed by atoms with Crippen LogP contribution in [-0.4, -0.2) is 18.4 Å². The highest BCUT2D eigenvalue weighted by atomic mass is 35.5. The van der Waals surface area contributed by atoms with E-state index < -0.39 is 0 Å². The van der Waals surface area contributed by atoms with E-state index in [1.165, 1.54) is 0 Å². The van der Waals surface area contributed by atoms with Crippen molar-refractivity contribution in [3.63, 3.8) is 0 Å². The molecule has 0 saturated carbocycles. The minimum atomic E-state index is -0.200. The number of hydrogen-bond donors (Lipinski definition) is 1. The van der Waals surface area contributed by atoms with Gasteiger partial charge < -0.3 is 10.2 Å². The van der Waals surface area contributed by atoms with Crippen molar-refractivity contribution < 1.29 is 9.59 Å². The van der Waals surface area contributed by atoms with Crippen LogP contribution in [-0.2, 0) is 11.3 Å². The maximum atomic E-state index is 12.1. The molecular formula is C18H17ClN2O2. The van der Waals surface area contributed by atoms with Gasteiger partial charge in [0.1, 0.15) is 0 Å². The van der Waals surface area contributed by atoms with Crippen molar-refractivity contribution in [3.8, 4) is 0 Å². The van der Waals surface area contributed by atoms with Crippen molar-refractivity contribution >= 4 is 29.1 Å². The number of benzene rings is 2. The fourth-order valence-electron chi connectivity index (χ4n) is 2.64. The van der Waals surface area contributed by atoms with Gasteiger partial charge in [-0.25, -0.2) is 0 Å². The summed E-state index contributed by atoms with van der Waals surface area (Å²) in [5, 5.41) is 3.29. The topological polar surface area (TPSA) is 49.4 Å². The maximum absolute atomic E-state index is 12.1. The highest BCUT2D eigenvalue weighted by Crippen LogP contribution is 2.21. The summed E-state index contributed by atoms with van der Waals surface area (Å²) >= 11 is 6.01. The van der Waals surface area contributed by atoms with Gasteiger partial charge in [-0.05, 0) is 36.2 Å². The molecule has 1 N–H and O–H groups in total. The molecule has 1 heterocycles. The van der Waals surface area contributed by atoms with Gasteiger partial charge >= 0.3 is 0 Å². The number of rotatable bonds is 4. The standard InChI is InChI=1S/C18H17ClN2O2/c19-16-5-2-1-4-15(16)18(23)20-12-13-7-9-14(10-8-13)21-11-3-6-17(21)22/h1-2,4-5,7-10H,3,6,11-12H2,(H,20,23). The molecule has 4 nitrogen and oxygen atoms in total. The summed E-state index contributed by atoms with van der Waals surface area (Å²) in [6, 6.07) is 14.6. The van der Waals surface area contributed by atoms with Gasteiger partial charge in [0.2, 0.25) is 5.91 Å². The van der Waals surface area contributed by atoms with Crippen molar-refractivity contribution in [2.24, 2.45) is 0 Å². The molecule has 0 spiro atoms. The molecule has 0 aliphatic carbocycles. The van der Waals surface area contributed by atoms with E-state index in [-0.39, 0.29) is 11.8 Å². The Labute approximate surface area is 140 Å². The SMILES string of the molecule is O=C(NCc1ccc(N2CCCC2=O)cc1)c1ccccc1Cl. The molecule has 0 bridgehead atoms. The number of hydrogen-bond acceptors (Lipinski definition) is 2. The zero-order chi connectivity index (χ0) is 16.2. The molecule has 1 fully saturated rings. The lowest BCUT2D eigenvalue weighted by Crippen LogP contribution is -2.24. The lowest BCUT2D eigenvalue weighted by Gasteiger charge is -2.16. The fourth-order valence-corrected chi connectivity index (χ4v) is 2.86. The highest BCUT2D eigenvalue weighted by Gasteiger charge is 2.21.